The average Bonchev–Trinajstić information content (AvgIpc) is 3.10. The van der Waals surface area contributed by atoms with E-state index in [1.807, 2.05) is 56.3 Å². The summed E-state index contributed by atoms with van der Waals surface area (Å²) in [4.78, 5) is 5.14. The molecule has 1 aromatic heterocycles. The maximum atomic E-state index is 12.8. The highest BCUT2D eigenvalue weighted by molar-refractivity contribution is 7.92. The van der Waals surface area contributed by atoms with Gasteiger partial charge in [0.2, 0.25) is 0 Å². The second kappa shape index (κ2) is 9.17. The average molecular weight is 448 g/mol. The fourth-order valence-electron chi connectivity index (χ4n) is 4.10. The standard InChI is InChI=1S/C26H29N3O2S/c1-4-17-29-24-8-6-5-7-23(24)27-26(29)16-12-21-10-13-22(14-11-21)28-32(30,31)25-15-9-19(2)18-20(25)3/h5-11,13-15,18,28H,4,12,16-17H2,1-3H3. The van der Waals surface area contributed by atoms with Crippen molar-refractivity contribution in [1.29, 1.82) is 0 Å². The van der Waals surface area contributed by atoms with Gasteiger partial charge in [-0.1, -0.05) is 48.9 Å². The van der Waals surface area contributed by atoms with Crippen LogP contribution in [0.2, 0.25) is 0 Å². The molecule has 32 heavy (non-hydrogen) atoms. The quantitative estimate of drug-likeness (QED) is 0.380. The number of sulfonamides is 1. The van der Waals surface area contributed by atoms with Gasteiger partial charge in [0.15, 0.2) is 0 Å². The molecule has 4 aromatic rings. The molecule has 0 amide bonds. The number of nitrogens with zero attached hydrogens (tertiary/aromatic N) is 2. The summed E-state index contributed by atoms with van der Waals surface area (Å²) in [7, 11) is -3.62. The molecule has 0 aliphatic heterocycles. The number of anilines is 1. The van der Waals surface area contributed by atoms with Crippen molar-refractivity contribution < 1.29 is 8.42 Å². The fraction of sp³-hybridized carbons (Fsp3) is 0.269. The first-order valence-corrected chi connectivity index (χ1v) is 12.5. The van der Waals surface area contributed by atoms with Crippen LogP contribution >= 0.6 is 0 Å². The minimum absolute atomic E-state index is 0.307. The molecule has 6 heteroatoms. The van der Waals surface area contributed by atoms with E-state index in [0.29, 0.717) is 10.6 Å². The van der Waals surface area contributed by atoms with Crippen molar-refractivity contribution in [2.45, 2.75) is 51.5 Å². The van der Waals surface area contributed by atoms with Crippen LogP contribution in [0.1, 0.15) is 35.9 Å². The predicted molar refractivity (Wildman–Crippen MR) is 131 cm³/mol. The van der Waals surface area contributed by atoms with Crippen molar-refractivity contribution in [2.75, 3.05) is 4.72 Å². The number of aryl methyl sites for hydroxylation is 5. The summed E-state index contributed by atoms with van der Waals surface area (Å²) in [5.41, 5.74) is 5.71. The van der Waals surface area contributed by atoms with Crippen LogP contribution in [0.15, 0.2) is 71.6 Å². The molecule has 0 radical (unpaired) electrons. The molecule has 5 nitrogen and oxygen atoms in total. The lowest BCUT2D eigenvalue weighted by atomic mass is 10.1. The molecule has 166 valence electrons. The lowest BCUT2D eigenvalue weighted by molar-refractivity contribution is 0.600. The number of aromatic nitrogens is 2. The monoisotopic (exact) mass is 447 g/mol. The molecule has 1 N–H and O–H groups in total. The summed E-state index contributed by atoms with van der Waals surface area (Å²) in [6.07, 6.45) is 2.74. The molecule has 0 fully saturated rings. The molecule has 0 bridgehead atoms. The van der Waals surface area contributed by atoms with Gasteiger partial charge in [-0.2, -0.15) is 0 Å². The van der Waals surface area contributed by atoms with Crippen LogP contribution in [0.4, 0.5) is 5.69 Å². The zero-order valence-electron chi connectivity index (χ0n) is 18.8. The zero-order valence-corrected chi connectivity index (χ0v) is 19.6. The van der Waals surface area contributed by atoms with Crippen LogP contribution in [0.25, 0.3) is 11.0 Å². The predicted octanol–water partition coefficient (Wildman–Crippen LogP) is 5.65. The van der Waals surface area contributed by atoms with Gasteiger partial charge in [-0.25, -0.2) is 13.4 Å². The molecule has 0 atom stereocenters. The van der Waals surface area contributed by atoms with E-state index in [0.717, 1.165) is 53.8 Å². The summed E-state index contributed by atoms with van der Waals surface area (Å²) in [6, 6.07) is 21.2. The molecule has 0 aliphatic carbocycles. The third-order valence-electron chi connectivity index (χ3n) is 5.64. The number of hydrogen-bond acceptors (Lipinski definition) is 3. The van der Waals surface area contributed by atoms with Crippen LogP contribution in [0.3, 0.4) is 0 Å². The van der Waals surface area contributed by atoms with Crippen LogP contribution in [0.5, 0.6) is 0 Å². The number of fused-ring (bicyclic) bond motifs is 1. The van der Waals surface area contributed by atoms with Gasteiger partial charge >= 0.3 is 0 Å². The maximum Gasteiger partial charge on any atom is 0.262 e. The first kappa shape index (κ1) is 22.1. The molecule has 0 aliphatic rings. The van der Waals surface area contributed by atoms with Gasteiger partial charge in [0.05, 0.1) is 15.9 Å². The van der Waals surface area contributed by atoms with E-state index in [4.69, 9.17) is 4.98 Å². The van der Waals surface area contributed by atoms with Crippen molar-refractivity contribution >= 4 is 26.7 Å². The number of para-hydroxylation sites is 2. The van der Waals surface area contributed by atoms with E-state index in [-0.39, 0.29) is 0 Å². The summed E-state index contributed by atoms with van der Waals surface area (Å²) < 4.78 is 30.6. The van der Waals surface area contributed by atoms with Crippen molar-refractivity contribution in [2.24, 2.45) is 0 Å². The first-order chi connectivity index (χ1) is 15.4. The zero-order chi connectivity index (χ0) is 22.7. The Hall–Kier alpha value is -3.12. The second-order valence-electron chi connectivity index (χ2n) is 8.24. The highest BCUT2D eigenvalue weighted by Crippen LogP contribution is 2.22. The van der Waals surface area contributed by atoms with Crippen LogP contribution in [-0.4, -0.2) is 18.0 Å². The smallest absolute Gasteiger partial charge is 0.262 e. The van der Waals surface area contributed by atoms with Gasteiger partial charge in [-0.15, -0.1) is 0 Å². The Morgan fingerprint density at radius 2 is 1.69 bits per heavy atom. The number of hydrogen-bond donors (Lipinski definition) is 1. The van der Waals surface area contributed by atoms with Gasteiger partial charge in [0.25, 0.3) is 10.0 Å². The Morgan fingerprint density at radius 3 is 2.41 bits per heavy atom. The van der Waals surface area contributed by atoms with E-state index in [9.17, 15) is 8.42 Å². The van der Waals surface area contributed by atoms with Crippen molar-refractivity contribution in [3.05, 3.63) is 89.2 Å². The Balaban J connectivity index is 1.47. The topological polar surface area (TPSA) is 64.0 Å². The molecule has 0 saturated heterocycles. The number of nitrogens with one attached hydrogen (secondary N) is 1. The fourth-order valence-corrected chi connectivity index (χ4v) is 5.38. The normalized spacial score (nSPS) is 11.7. The van der Waals surface area contributed by atoms with E-state index in [1.165, 1.54) is 5.52 Å². The second-order valence-corrected chi connectivity index (χ2v) is 9.89. The van der Waals surface area contributed by atoms with E-state index < -0.39 is 10.0 Å². The minimum Gasteiger partial charge on any atom is -0.328 e. The molecule has 0 spiro atoms. The van der Waals surface area contributed by atoms with E-state index >= 15 is 0 Å². The Bertz CT molecular complexity index is 1340. The third-order valence-corrected chi connectivity index (χ3v) is 7.19. The highest BCUT2D eigenvalue weighted by atomic mass is 32.2. The van der Waals surface area contributed by atoms with Crippen molar-refractivity contribution in [3.8, 4) is 0 Å². The lowest BCUT2D eigenvalue weighted by Crippen LogP contribution is -2.14. The summed E-state index contributed by atoms with van der Waals surface area (Å²) in [6.45, 7) is 6.90. The molecule has 0 unspecified atom stereocenters. The molecule has 1 heterocycles. The van der Waals surface area contributed by atoms with E-state index in [2.05, 4.69) is 34.4 Å². The number of imidazole rings is 1. The van der Waals surface area contributed by atoms with Crippen molar-refractivity contribution in [1.82, 2.24) is 9.55 Å². The van der Waals surface area contributed by atoms with Crippen LogP contribution < -0.4 is 4.72 Å². The number of benzene rings is 3. The Morgan fingerprint density at radius 1 is 0.938 bits per heavy atom. The Kier molecular flexibility index (Phi) is 6.33. The Labute approximate surface area is 190 Å². The molecular weight excluding hydrogens is 418 g/mol. The van der Waals surface area contributed by atoms with Crippen LogP contribution in [-0.2, 0) is 29.4 Å². The largest absolute Gasteiger partial charge is 0.328 e. The molecule has 0 saturated carbocycles. The van der Waals surface area contributed by atoms with Gasteiger partial charge in [-0.3, -0.25) is 4.72 Å². The van der Waals surface area contributed by atoms with Gasteiger partial charge in [0.1, 0.15) is 5.82 Å². The highest BCUT2D eigenvalue weighted by Gasteiger charge is 2.17. The summed E-state index contributed by atoms with van der Waals surface area (Å²) in [5, 5.41) is 0. The van der Waals surface area contributed by atoms with Gasteiger partial charge < -0.3 is 4.57 Å². The maximum absolute atomic E-state index is 12.8. The van der Waals surface area contributed by atoms with E-state index in [1.54, 1.807) is 6.07 Å². The molecular formula is C26H29N3O2S. The SMILES string of the molecule is CCCn1c(CCc2ccc(NS(=O)(=O)c3ccc(C)cc3C)cc2)nc2ccccc21. The first-order valence-electron chi connectivity index (χ1n) is 11.0. The summed E-state index contributed by atoms with van der Waals surface area (Å²) >= 11 is 0. The number of rotatable bonds is 8. The lowest BCUT2D eigenvalue weighted by Gasteiger charge is -2.12. The van der Waals surface area contributed by atoms with Gasteiger partial charge in [0, 0.05) is 18.7 Å². The molecule has 3 aromatic carbocycles. The molecule has 4 rings (SSSR count). The van der Waals surface area contributed by atoms with Crippen LogP contribution in [0, 0.1) is 13.8 Å². The van der Waals surface area contributed by atoms with Gasteiger partial charge in [-0.05, 0) is 68.1 Å². The summed E-state index contributed by atoms with van der Waals surface area (Å²) in [5.74, 6) is 1.09. The third kappa shape index (κ3) is 4.70. The van der Waals surface area contributed by atoms with Crippen molar-refractivity contribution in [3.63, 3.8) is 0 Å². The minimum atomic E-state index is -3.62.